The summed E-state index contributed by atoms with van der Waals surface area (Å²) < 4.78 is 13.2. The molecule has 0 radical (unpaired) electrons. The van der Waals surface area contributed by atoms with Crippen molar-refractivity contribution in [1.82, 2.24) is 25.5 Å². The lowest BCUT2D eigenvalue weighted by Gasteiger charge is -2.16. The number of nitrogens with zero attached hydrogens (tertiary/aromatic N) is 4. The van der Waals surface area contributed by atoms with E-state index in [1.165, 1.54) is 4.68 Å². The first-order valence-electron chi connectivity index (χ1n) is 9.36. The van der Waals surface area contributed by atoms with E-state index in [-0.39, 0.29) is 18.7 Å². The predicted octanol–water partition coefficient (Wildman–Crippen LogP) is 2.71. The fourth-order valence-corrected chi connectivity index (χ4v) is 2.69. The van der Waals surface area contributed by atoms with Crippen molar-refractivity contribution in [3.63, 3.8) is 0 Å². The van der Waals surface area contributed by atoms with Crippen LogP contribution in [0.3, 0.4) is 0 Å². The molecule has 0 saturated carbocycles. The molecule has 1 aromatic heterocycles. The van der Waals surface area contributed by atoms with Crippen LogP contribution < -0.4 is 14.8 Å². The summed E-state index contributed by atoms with van der Waals surface area (Å²) in [7, 11) is 0. The maximum atomic E-state index is 9.32. The van der Waals surface area contributed by atoms with Gasteiger partial charge < -0.3 is 19.9 Å². The van der Waals surface area contributed by atoms with Crippen molar-refractivity contribution in [2.24, 2.45) is 0 Å². The molecule has 0 amide bonds. The third kappa shape index (κ3) is 4.85. The zero-order chi connectivity index (χ0) is 19.8. The summed E-state index contributed by atoms with van der Waals surface area (Å²) in [6.45, 7) is 5.19. The minimum atomic E-state index is 0.0713. The van der Waals surface area contributed by atoms with E-state index < -0.39 is 0 Å². The lowest BCUT2D eigenvalue weighted by Crippen LogP contribution is -2.31. The molecule has 28 heavy (non-hydrogen) atoms. The first kappa shape index (κ1) is 19.8. The van der Waals surface area contributed by atoms with Gasteiger partial charge in [-0.1, -0.05) is 36.3 Å². The molecule has 8 heteroatoms. The number of tetrazole rings is 1. The Morgan fingerprint density at radius 1 is 1.11 bits per heavy atom. The molecule has 2 aromatic carbocycles. The third-order valence-electron chi connectivity index (χ3n) is 4.26. The minimum Gasteiger partial charge on any atom is -0.490 e. The average Bonchev–Trinajstić information content (AvgIpc) is 3.19. The monoisotopic (exact) mass is 383 g/mol. The Hall–Kier alpha value is -2.97. The fourth-order valence-electron chi connectivity index (χ4n) is 2.69. The van der Waals surface area contributed by atoms with Gasteiger partial charge in [-0.15, -0.1) is 0 Å². The van der Waals surface area contributed by atoms with Gasteiger partial charge in [-0.25, -0.2) is 0 Å². The molecule has 0 fully saturated rings. The van der Waals surface area contributed by atoms with Crippen LogP contribution in [0.5, 0.6) is 17.5 Å². The average molecular weight is 383 g/mol. The number of aliphatic hydroxyl groups is 1. The van der Waals surface area contributed by atoms with Crippen LogP contribution in [-0.2, 0) is 6.54 Å². The summed E-state index contributed by atoms with van der Waals surface area (Å²) in [6, 6.07) is 15.6. The maximum absolute atomic E-state index is 9.32. The smallest absolute Gasteiger partial charge is 0.346 e. The van der Waals surface area contributed by atoms with Crippen LogP contribution in [0.1, 0.15) is 25.8 Å². The summed E-state index contributed by atoms with van der Waals surface area (Å²) in [5, 5.41) is 24.3. The highest BCUT2D eigenvalue weighted by atomic mass is 16.5. The van der Waals surface area contributed by atoms with Crippen LogP contribution in [0, 0.1) is 0 Å². The van der Waals surface area contributed by atoms with Crippen LogP contribution in [0.2, 0.25) is 0 Å². The number of aromatic nitrogens is 4. The van der Waals surface area contributed by atoms with Gasteiger partial charge >= 0.3 is 6.01 Å². The van der Waals surface area contributed by atoms with Gasteiger partial charge in [0, 0.05) is 12.6 Å². The van der Waals surface area contributed by atoms with Crippen LogP contribution in [0.15, 0.2) is 48.5 Å². The molecular formula is C20H25N5O3. The van der Waals surface area contributed by atoms with E-state index >= 15 is 0 Å². The highest BCUT2D eigenvalue weighted by Gasteiger charge is 2.15. The highest BCUT2D eigenvalue weighted by Crippen LogP contribution is 2.32. The Morgan fingerprint density at radius 2 is 1.93 bits per heavy atom. The quantitative estimate of drug-likeness (QED) is 0.556. The first-order chi connectivity index (χ1) is 13.7. The fraction of sp³-hybridized carbons (Fsp3) is 0.350. The topological polar surface area (TPSA) is 94.3 Å². The molecule has 0 aliphatic rings. The van der Waals surface area contributed by atoms with E-state index in [1.807, 2.05) is 62.4 Å². The molecule has 0 spiro atoms. The van der Waals surface area contributed by atoms with Crippen molar-refractivity contribution in [2.45, 2.75) is 32.9 Å². The normalized spacial score (nSPS) is 12.0. The molecule has 0 aliphatic carbocycles. The number of benzene rings is 2. The van der Waals surface area contributed by atoms with Crippen molar-refractivity contribution in [2.75, 3.05) is 13.2 Å². The van der Waals surface area contributed by atoms with Gasteiger partial charge in [0.25, 0.3) is 0 Å². The van der Waals surface area contributed by atoms with Crippen molar-refractivity contribution < 1.29 is 14.6 Å². The molecule has 2 N–H and O–H groups in total. The number of ether oxygens (including phenoxy) is 2. The van der Waals surface area contributed by atoms with Crippen molar-refractivity contribution in [3.8, 4) is 23.2 Å². The zero-order valence-corrected chi connectivity index (χ0v) is 16.1. The lowest BCUT2D eigenvalue weighted by atomic mass is 10.1. The number of nitrogens with one attached hydrogen (secondary N) is 1. The number of para-hydroxylation sites is 1. The molecule has 0 unspecified atom stereocenters. The van der Waals surface area contributed by atoms with Gasteiger partial charge in [0.05, 0.1) is 18.9 Å². The van der Waals surface area contributed by atoms with Gasteiger partial charge in [0.2, 0.25) is 0 Å². The second kappa shape index (κ2) is 9.82. The van der Waals surface area contributed by atoms with E-state index in [4.69, 9.17) is 9.47 Å². The number of hydrogen-bond acceptors (Lipinski definition) is 7. The summed E-state index contributed by atoms with van der Waals surface area (Å²) >= 11 is 0. The van der Waals surface area contributed by atoms with Gasteiger partial charge in [-0.3, -0.25) is 0 Å². The Kier molecular flexibility index (Phi) is 6.94. The maximum Gasteiger partial charge on any atom is 0.346 e. The zero-order valence-electron chi connectivity index (χ0n) is 16.1. The van der Waals surface area contributed by atoms with Gasteiger partial charge in [0.15, 0.2) is 11.5 Å². The van der Waals surface area contributed by atoms with Crippen molar-refractivity contribution in [1.29, 1.82) is 0 Å². The second-order valence-corrected chi connectivity index (χ2v) is 6.19. The SMILES string of the molecule is CCOc1cc(CN[C@H](CC)CO)ccc1Oc1nnnn1-c1ccccc1. The molecule has 8 nitrogen and oxygen atoms in total. The van der Waals surface area contributed by atoms with Crippen LogP contribution in [0.25, 0.3) is 5.69 Å². The van der Waals surface area contributed by atoms with E-state index in [1.54, 1.807) is 0 Å². The third-order valence-corrected chi connectivity index (χ3v) is 4.26. The van der Waals surface area contributed by atoms with Gasteiger partial charge in [-0.05, 0) is 53.6 Å². The standard InChI is InChI=1S/C20H25N5O3/c1-3-16(14-26)21-13-15-10-11-18(19(12-15)27-4-2)28-20-22-23-24-25(20)17-8-6-5-7-9-17/h5-12,16,21,26H,3-4,13-14H2,1-2H3/t16-/m1/s1. The van der Waals surface area contributed by atoms with Crippen LogP contribution >= 0.6 is 0 Å². The highest BCUT2D eigenvalue weighted by molar-refractivity contribution is 5.44. The van der Waals surface area contributed by atoms with Crippen molar-refractivity contribution >= 4 is 0 Å². The molecule has 1 atom stereocenters. The summed E-state index contributed by atoms with van der Waals surface area (Å²) in [5.41, 5.74) is 1.83. The summed E-state index contributed by atoms with van der Waals surface area (Å²) in [4.78, 5) is 0. The van der Waals surface area contributed by atoms with E-state index in [0.29, 0.717) is 24.7 Å². The molecule has 1 heterocycles. The van der Waals surface area contributed by atoms with E-state index in [9.17, 15) is 5.11 Å². The first-order valence-corrected chi connectivity index (χ1v) is 9.36. The molecule has 0 aliphatic heterocycles. The number of aliphatic hydroxyl groups excluding tert-OH is 1. The number of rotatable bonds is 10. The largest absolute Gasteiger partial charge is 0.490 e. The second-order valence-electron chi connectivity index (χ2n) is 6.19. The molecule has 3 aromatic rings. The van der Waals surface area contributed by atoms with E-state index in [2.05, 4.69) is 20.8 Å². The van der Waals surface area contributed by atoms with Crippen LogP contribution in [0.4, 0.5) is 0 Å². The Bertz CT molecular complexity index is 865. The van der Waals surface area contributed by atoms with Gasteiger partial charge in [-0.2, -0.15) is 4.68 Å². The molecule has 0 bridgehead atoms. The molecule has 148 valence electrons. The Balaban J connectivity index is 1.80. The van der Waals surface area contributed by atoms with E-state index in [0.717, 1.165) is 17.7 Å². The molecule has 0 saturated heterocycles. The lowest BCUT2D eigenvalue weighted by molar-refractivity contribution is 0.238. The predicted molar refractivity (Wildman–Crippen MR) is 105 cm³/mol. The minimum absolute atomic E-state index is 0.0713. The Labute approximate surface area is 164 Å². The molecule has 3 rings (SSSR count). The Morgan fingerprint density at radius 3 is 2.64 bits per heavy atom. The van der Waals surface area contributed by atoms with Gasteiger partial charge in [0.1, 0.15) is 0 Å². The summed E-state index contributed by atoms with van der Waals surface area (Å²) in [5.74, 6) is 1.15. The summed E-state index contributed by atoms with van der Waals surface area (Å²) in [6.07, 6.45) is 0.859. The molecular weight excluding hydrogens is 358 g/mol. The van der Waals surface area contributed by atoms with Crippen LogP contribution in [-0.4, -0.2) is 44.6 Å². The van der Waals surface area contributed by atoms with Crippen molar-refractivity contribution in [3.05, 3.63) is 54.1 Å². The number of hydrogen-bond donors (Lipinski definition) is 2.